The first kappa shape index (κ1) is 14.3. The molecule has 118 valence electrons. The molecule has 0 amide bonds. The Bertz CT molecular complexity index is 893. The number of anilines is 2. The zero-order valence-electron chi connectivity index (χ0n) is 12.5. The summed E-state index contributed by atoms with van der Waals surface area (Å²) < 4.78 is 15.2. The summed E-state index contributed by atoms with van der Waals surface area (Å²) >= 11 is 1.73. The second kappa shape index (κ2) is 5.38. The lowest BCUT2D eigenvalue weighted by atomic mass is 10.0. The number of nitrogens with one attached hydrogen (secondary N) is 1. The van der Waals surface area contributed by atoms with Crippen LogP contribution in [0.2, 0.25) is 0 Å². The van der Waals surface area contributed by atoms with E-state index in [2.05, 4.69) is 20.4 Å². The molecular formula is C15H15FN6S. The summed E-state index contributed by atoms with van der Waals surface area (Å²) in [6, 6.07) is 4.85. The Hall–Kier alpha value is -2.35. The molecule has 0 fully saturated rings. The van der Waals surface area contributed by atoms with Gasteiger partial charge >= 0.3 is 0 Å². The van der Waals surface area contributed by atoms with Gasteiger partial charge in [-0.3, -0.25) is 4.68 Å². The Morgan fingerprint density at radius 2 is 2.26 bits per heavy atom. The van der Waals surface area contributed by atoms with Gasteiger partial charge in [-0.2, -0.15) is 15.1 Å². The third kappa shape index (κ3) is 2.48. The SMILES string of the molecule is Cn1ncc2c(N)nc(NC3CCSc4ccc(F)cc43)nc21. The van der Waals surface area contributed by atoms with E-state index in [-0.39, 0.29) is 11.9 Å². The number of rotatable bonds is 2. The molecule has 0 saturated carbocycles. The number of benzene rings is 1. The highest BCUT2D eigenvalue weighted by molar-refractivity contribution is 7.99. The zero-order valence-corrected chi connectivity index (χ0v) is 13.3. The second-order valence-corrected chi connectivity index (χ2v) is 6.59. The van der Waals surface area contributed by atoms with Crippen molar-refractivity contribution in [2.75, 3.05) is 16.8 Å². The summed E-state index contributed by atoms with van der Waals surface area (Å²) in [5.41, 5.74) is 7.60. The lowest BCUT2D eigenvalue weighted by Crippen LogP contribution is -2.18. The molecule has 0 spiro atoms. The lowest BCUT2D eigenvalue weighted by Gasteiger charge is -2.26. The maximum Gasteiger partial charge on any atom is 0.227 e. The minimum absolute atomic E-state index is 0.0352. The van der Waals surface area contributed by atoms with Crippen molar-refractivity contribution in [3.8, 4) is 0 Å². The van der Waals surface area contributed by atoms with E-state index in [1.807, 2.05) is 6.07 Å². The van der Waals surface area contributed by atoms with Crippen LogP contribution in [0.25, 0.3) is 11.0 Å². The maximum atomic E-state index is 13.6. The van der Waals surface area contributed by atoms with Gasteiger partial charge in [0, 0.05) is 17.7 Å². The first-order valence-electron chi connectivity index (χ1n) is 7.26. The van der Waals surface area contributed by atoms with E-state index in [1.165, 1.54) is 6.07 Å². The van der Waals surface area contributed by atoms with Crippen LogP contribution in [-0.4, -0.2) is 25.5 Å². The number of halogens is 1. The van der Waals surface area contributed by atoms with Crippen LogP contribution in [0.5, 0.6) is 0 Å². The van der Waals surface area contributed by atoms with Gasteiger partial charge in [0.25, 0.3) is 0 Å². The number of fused-ring (bicyclic) bond motifs is 2. The fourth-order valence-electron chi connectivity index (χ4n) is 2.78. The molecular weight excluding hydrogens is 315 g/mol. The molecule has 0 aliphatic carbocycles. The largest absolute Gasteiger partial charge is 0.383 e. The first-order chi connectivity index (χ1) is 11.1. The molecule has 1 atom stereocenters. The van der Waals surface area contributed by atoms with Gasteiger partial charge in [-0.15, -0.1) is 11.8 Å². The van der Waals surface area contributed by atoms with Gasteiger partial charge in [-0.1, -0.05) is 0 Å². The number of aromatic nitrogens is 4. The van der Waals surface area contributed by atoms with E-state index in [0.717, 1.165) is 28.0 Å². The first-order valence-corrected chi connectivity index (χ1v) is 8.24. The topological polar surface area (TPSA) is 81.7 Å². The maximum absolute atomic E-state index is 13.6. The van der Waals surface area contributed by atoms with Crippen LogP contribution in [-0.2, 0) is 7.05 Å². The zero-order chi connectivity index (χ0) is 16.0. The normalized spacial score (nSPS) is 17.2. The van der Waals surface area contributed by atoms with Gasteiger partial charge in [-0.25, -0.2) is 4.39 Å². The molecule has 6 nitrogen and oxygen atoms in total. The van der Waals surface area contributed by atoms with Crippen molar-refractivity contribution in [3.63, 3.8) is 0 Å². The van der Waals surface area contributed by atoms with Crippen LogP contribution in [0.15, 0.2) is 29.3 Å². The predicted molar refractivity (Wildman–Crippen MR) is 88.8 cm³/mol. The predicted octanol–water partition coefficient (Wildman–Crippen LogP) is 2.73. The van der Waals surface area contributed by atoms with Crippen LogP contribution in [0.1, 0.15) is 18.0 Å². The number of hydrogen-bond acceptors (Lipinski definition) is 6. The highest BCUT2D eigenvalue weighted by Crippen LogP contribution is 2.38. The molecule has 1 unspecified atom stereocenters. The van der Waals surface area contributed by atoms with Crippen LogP contribution in [0, 0.1) is 5.82 Å². The van der Waals surface area contributed by atoms with E-state index in [4.69, 9.17) is 5.73 Å². The molecule has 1 aliphatic heterocycles. The van der Waals surface area contributed by atoms with Crippen molar-refractivity contribution in [2.45, 2.75) is 17.4 Å². The summed E-state index contributed by atoms with van der Waals surface area (Å²) in [5.74, 6) is 1.54. The van der Waals surface area contributed by atoms with Gasteiger partial charge < -0.3 is 11.1 Å². The van der Waals surface area contributed by atoms with Crippen LogP contribution in [0.3, 0.4) is 0 Å². The summed E-state index contributed by atoms with van der Waals surface area (Å²) in [4.78, 5) is 9.88. The lowest BCUT2D eigenvalue weighted by molar-refractivity contribution is 0.615. The van der Waals surface area contributed by atoms with E-state index in [9.17, 15) is 4.39 Å². The fraction of sp³-hybridized carbons (Fsp3) is 0.267. The molecule has 8 heteroatoms. The quantitative estimate of drug-likeness (QED) is 0.752. The number of nitrogens with zero attached hydrogens (tertiary/aromatic N) is 4. The minimum Gasteiger partial charge on any atom is -0.383 e. The van der Waals surface area contributed by atoms with E-state index >= 15 is 0 Å². The molecule has 0 bridgehead atoms. The van der Waals surface area contributed by atoms with E-state index < -0.39 is 0 Å². The van der Waals surface area contributed by atoms with E-state index in [0.29, 0.717) is 17.4 Å². The minimum atomic E-state index is -0.236. The third-order valence-electron chi connectivity index (χ3n) is 3.94. The van der Waals surface area contributed by atoms with Crippen LogP contribution < -0.4 is 11.1 Å². The van der Waals surface area contributed by atoms with Gasteiger partial charge in [0.1, 0.15) is 11.6 Å². The molecule has 23 heavy (non-hydrogen) atoms. The Balaban J connectivity index is 1.72. The van der Waals surface area contributed by atoms with Gasteiger partial charge in [0.15, 0.2) is 5.65 Å². The summed E-state index contributed by atoms with van der Waals surface area (Å²) in [7, 11) is 1.81. The number of nitrogens with two attached hydrogens (primary N) is 1. The number of aryl methyl sites for hydroxylation is 1. The molecule has 3 N–H and O–H groups in total. The van der Waals surface area contributed by atoms with Crippen molar-refractivity contribution in [3.05, 3.63) is 35.8 Å². The highest BCUT2D eigenvalue weighted by Gasteiger charge is 2.22. The molecule has 1 aromatic carbocycles. The van der Waals surface area contributed by atoms with Gasteiger partial charge in [-0.05, 0) is 30.2 Å². The summed E-state index contributed by atoms with van der Waals surface area (Å²) in [6.45, 7) is 0. The Morgan fingerprint density at radius 3 is 3.13 bits per heavy atom. The average Bonchev–Trinajstić information content (AvgIpc) is 2.90. The molecule has 0 saturated heterocycles. The molecule has 1 aliphatic rings. The van der Waals surface area contributed by atoms with Crippen molar-refractivity contribution in [1.82, 2.24) is 19.7 Å². The molecule has 3 aromatic rings. The third-order valence-corrected chi connectivity index (χ3v) is 5.06. The summed E-state index contributed by atoms with van der Waals surface area (Å²) in [6.07, 6.45) is 2.52. The van der Waals surface area contributed by atoms with Crippen LogP contribution in [0.4, 0.5) is 16.2 Å². The Kier molecular flexibility index (Phi) is 3.33. The van der Waals surface area contributed by atoms with Crippen molar-refractivity contribution in [2.24, 2.45) is 7.05 Å². The average molecular weight is 330 g/mol. The second-order valence-electron chi connectivity index (χ2n) is 5.45. The highest BCUT2D eigenvalue weighted by atomic mass is 32.2. The number of hydrogen-bond donors (Lipinski definition) is 2. The monoisotopic (exact) mass is 330 g/mol. The van der Waals surface area contributed by atoms with Gasteiger partial charge in [0.05, 0.1) is 17.6 Å². The number of nitrogen functional groups attached to an aromatic ring is 1. The Labute approximate surface area is 136 Å². The van der Waals surface area contributed by atoms with Crippen molar-refractivity contribution < 1.29 is 4.39 Å². The molecule has 0 radical (unpaired) electrons. The molecule has 4 rings (SSSR count). The molecule has 2 aromatic heterocycles. The van der Waals surface area contributed by atoms with Crippen molar-refractivity contribution >= 4 is 34.6 Å². The van der Waals surface area contributed by atoms with Crippen LogP contribution >= 0.6 is 11.8 Å². The fourth-order valence-corrected chi connectivity index (χ4v) is 3.89. The Morgan fingerprint density at radius 1 is 1.39 bits per heavy atom. The number of thioether (sulfide) groups is 1. The van der Waals surface area contributed by atoms with Crippen molar-refractivity contribution in [1.29, 1.82) is 0 Å². The smallest absolute Gasteiger partial charge is 0.227 e. The van der Waals surface area contributed by atoms with Gasteiger partial charge in [0.2, 0.25) is 5.95 Å². The molecule has 3 heterocycles. The standard InChI is InChI=1S/C15H15FN6S/c1-22-14-10(7-18-22)13(17)20-15(21-14)19-11-4-5-23-12-3-2-8(16)6-9(11)12/h2-3,6-7,11H,4-5H2,1H3,(H3,17,19,20,21). The van der Waals surface area contributed by atoms with E-state index in [1.54, 1.807) is 35.8 Å². The summed E-state index contributed by atoms with van der Waals surface area (Å²) in [5, 5.41) is 8.16.